The van der Waals surface area contributed by atoms with Crippen LogP contribution in [0.2, 0.25) is 0 Å². The fourth-order valence-corrected chi connectivity index (χ4v) is 2.32. The van der Waals surface area contributed by atoms with Crippen molar-refractivity contribution in [1.82, 2.24) is 15.0 Å². The molecule has 0 saturated carbocycles. The average molecular weight is 309 g/mol. The smallest absolute Gasteiger partial charge is 0.224 e. The van der Waals surface area contributed by atoms with Gasteiger partial charge < -0.3 is 15.4 Å². The highest BCUT2D eigenvalue weighted by atomic mass is 16.5. The van der Waals surface area contributed by atoms with Gasteiger partial charge in [-0.25, -0.2) is 4.98 Å². The van der Waals surface area contributed by atoms with E-state index in [1.54, 1.807) is 13.3 Å². The van der Waals surface area contributed by atoms with Gasteiger partial charge in [0, 0.05) is 37.0 Å². The van der Waals surface area contributed by atoms with Crippen molar-refractivity contribution in [1.29, 1.82) is 0 Å². The molecule has 0 radical (unpaired) electrons. The first-order chi connectivity index (χ1) is 11.3. The first-order valence-electron chi connectivity index (χ1n) is 7.45. The van der Waals surface area contributed by atoms with Crippen LogP contribution in [0.4, 0.5) is 17.5 Å². The number of fused-ring (bicyclic) bond motifs is 1. The molecule has 0 aliphatic rings. The maximum atomic E-state index is 5.03. The molecule has 0 unspecified atom stereocenters. The molecule has 0 spiro atoms. The summed E-state index contributed by atoms with van der Waals surface area (Å²) in [6.45, 7) is 3.21. The van der Waals surface area contributed by atoms with Gasteiger partial charge in [0.15, 0.2) is 0 Å². The minimum atomic E-state index is 0.581. The van der Waals surface area contributed by atoms with Crippen LogP contribution >= 0.6 is 0 Å². The topological polar surface area (TPSA) is 72.0 Å². The van der Waals surface area contributed by atoms with Crippen molar-refractivity contribution in [2.75, 3.05) is 30.9 Å². The van der Waals surface area contributed by atoms with Crippen LogP contribution in [0, 0.1) is 6.92 Å². The second-order valence-electron chi connectivity index (χ2n) is 5.14. The lowest BCUT2D eigenvalue weighted by molar-refractivity contribution is 0.210. The minimum absolute atomic E-state index is 0.581. The fourth-order valence-electron chi connectivity index (χ4n) is 2.32. The Morgan fingerprint density at radius 3 is 2.87 bits per heavy atom. The lowest BCUT2D eigenvalue weighted by atomic mass is 10.2. The number of anilines is 3. The summed E-state index contributed by atoms with van der Waals surface area (Å²) in [4.78, 5) is 13.3. The van der Waals surface area contributed by atoms with E-state index in [2.05, 4.69) is 25.6 Å². The number of ether oxygens (including phenoxy) is 1. The summed E-state index contributed by atoms with van der Waals surface area (Å²) in [5.74, 6) is 1.31. The van der Waals surface area contributed by atoms with Crippen LogP contribution in [0.1, 0.15) is 5.69 Å². The number of rotatable bonds is 6. The molecule has 0 bridgehead atoms. The monoisotopic (exact) mass is 309 g/mol. The van der Waals surface area contributed by atoms with Crippen LogP contribution in [-0.4, -0.2) is 35.2 Å². The summed E-state index contributed by atoms with van der Waals surface area (Å²) >= 11 is 0. The molecular weight excluding hydrogens is 290 g/mol. The number of aromatic nitrogens is 3. The molecule has 2 N–H and O–H groups in total. The molecule has 3 aromatic rings. The average Bonchev–Trinajstić information content (AvgIpc) is 2.55. The van der Waals surface area contributed by atoms with Gasteiger partial charge in [0.2, 0.25) is 5.95 Å². The molecule has 0 amide bonds. The number of methoxy groups -OCH3 is 1. The summed E-state index contributed by atoms with van der Waals surface area (Å²) < 4.78 is 5.03. The van der Waals surface area contributed by atoms with Gasteiger partial charge in [-0.1, -0.05) is 18.2 Å². The number of benzene rings is 1. The summed E-state index contributed by atoms with van der Waals surface area (Å²) in [6.07, 6.45) is 1.79. The number of hydrogen-bond acceptors (Lipinski definition) is 6. The summed E-state index contributed by atoms with van der Waals surface area (Å²) in [5, 5.41) is 7.57. The zero-order chi connectivity index (χ0) is 16.1. The van der Waals surface area contributed by atoms with Gasteiger partial charge in [-0.15, -0.1) is 0 Å². The van der Waals surface area contributed by atoms with Gasteiger partial charge in [0.1, 0.15) is 5.82 Å². The van der Waals surface area contributed by atoms with E-state index in [4.69, 9.17) is 4.74 Å². The molecule has 2 heterocycles. The Hall–Kier alpha value is -2.73. The summed E-state index contributed by atoms with van der Waals surface area (Å²) in [6, 6.07) is 11.9. The summed E-state index contributed by atoms with van der Waals surface area (Å²) in [7, 11) is 1.67. The van der Waals surface area contributed by atoms with Crippen molar-refractivity contribution in [3.8, 4) is 0 Å². The third kappa shape index (κ3) is 3.73. The Morgan fingerprint density at radius 2 is 2.00 bits per heavy atom. The quantitative estimate of drug-likeness (QED) is 0.682. The number of para-hydroxylation sites is 1. The Kier molecular flexibility index (Phi) is 4.63. The van der Waals surface area contributed by atoms with E-state index >= 15 is 0 Å². The van der Waals surface area contributed by atoms with Crippen molar-refractivity contribution in [3.05, 3.63) is 48.3 Å². The van der Waals surface area contributed by atoms with Crippen molar-refractivity contribution >= 4 is 28.4 Å². The van der Waals surface area contributed by atoms with E-state index in [1.807, 2.05) is 43.3 Å². The Morgan fingerprint density at radius 1 is 1.13 bits per heavy atom. The van der Waals surface area contributed by atoms with Crippen molar-refractivity contribution in [2.24, 2.45) is 0 Å². The first-order valence-corrected chi connectivity index (χ1v) is 7.45. The number of nitrogens with zero attached hydrogens (tertiary/aromatic N) is 3. The lowest BCUT2D eigenvalue weighted by Crippen LogP contribution is -2.11. The molecule has 3 rings (SSSR count). The molecule has 118 valence electrons. The maximum Gasteiger partial charge on any atom is 0.224 e. The molecule has 0 aliphatic carbocycles. The lowest BCUT2D eigenvalue weighted by Gasteiger charge is -2.11. The molecule has 0 aliphatic heterocycles. The molecule has 0 fully saturated rings. The van der Waals surface area contributed by atoms with E-state index < -0.39 is 0 Å². The van der Waals surface area contributed by atoms with Crippen molar-refractivity contribution in [3.63, 3.8) is 0 Å². The SMILES string of the molecule is COCCNc1nc(C)cc(Nc2cccc3cccnc23)n1. The minimum Gasteiger partial charge on any atom is -0.383 e. The van der Waals surface area contributed by atoms with Crippen LogP contribution < -0.4 is 10.6 Å². The highest BCUT2D eigenvalue weighted by Crippen LogP contribution is 2.24. The molecular formula is C17H19N5O. The zero-order valence-electron chi connectivity index (χ0n) is 13.2. The molecule has 23 heavy (non-hydrogen) atoms. The molecule has 6 heteroatoms. The van der Waals surface area contributed by atoms with E-state index in [0.717, 1.165) is 28.1 Å². The third-order valence-corrected chi connectivity index (χ3v) is 3.34. The zero-order valence-corrected chi connectivity index (χ0v) is 13.2. The van der Waals surface area contributed by atoms with Gasteiger partial charge in [0.05, 0.1) is 17.8 Å². The summed E-state index contributed by atoms with van der Waals surface area (Å²) in [5.41, 5.74) is 2.72. The van der Waals surface area contributed by atoms with E-state index in [-0.39, 0.29) is 0 Å². The second-order valence-corrected chi connectivity index (χ2v) is 5.14. The molecule has 2 aromatic heterocycles. The van der Waals surface area contributed by atoms with Crippen LogP contribution in [-0.2, 0) is 4.74 Å². The molecule has 0 atom stereocenters. The second kappa shape index (κ2) is 7.02. The Bertz CT molecular complexity index is 801. The fraction of sp³-hybridized carbons (Fsp3) is 0.235. The van der Waals surface area contributed by atoms with Gasteiger partial charge in [-0.3, -0.25) is 4.98 Å². The first kappa shape index (κ1) is 15.2. The number of pyridine rings is 1. The van der Waals surface area contributed by atoms with Gasteiger partial charge in [-0.2, -0.15) is 4.98 Å². The van der Waals surface area contributed by atoms with Crippen molar-refractivity contribution in [2.45, 2.75) is 6.92 Å². The van der Waals surface area contributed by atoms with E-state index in [1.165, 1.54) is 0 Å². The van der Waals surface area contributed by atoms with Gasteiger partial charge >= 0.3 is 0 Å². The molecule has 0 saturated heterocycles. The van der Waals surface area contributed by atoms with Crippen molar-refractivity contribution < 1.29 is 4.74 Å². The number of hydrogen-bond donors (Lipinski definition) is 2. The van der Waals surface area contributed by atoms with Gasteiger partial charge in [0.25, 0.3) is 0 Å². The van der Waals surface area contributed by atoms with Gasteiger partial charge in [-0.05, 0) is 19.1 Å². The standard InChI is InChI=1S/C17H19N5O/c1-12-11-15(22-17(20-12)19-9-10-23-2)21-14-7-3-5-13-6-4-8-18-16(13)14/h3-8,11H,9-10H2,1-2H3,(H2,19,20,21,22). The van der Waals surface area contributed by atoms with Crippen LogP contribution in [0.15, 0.2) is 42.6 Å². The largest absolute Gasteiger partial charge is 0.383 e. The predicted molar refractivity (Wildman–Crippen MR) is 92.2 cm³/mol. The maximum absolute atomic E-state index is 5.03. The predicted octanol–water partition coefficient (Wildman–Crippen LogP) is 3.14. The Balaban J connectivity index is 1.86. The van der Waals surface area contributed by atoms with Crippen LogP contribution in [0.25, 0.3) is 10.9 Å². The molecule has 1 aromatic carbocycles. The Labute approximate surface area is 135 Å². The van der Waals surface area contributed by atoms with E-state index in [9.17, 15) is 0 Å². The highest BCUT2D eigenvalue weighted by molar-refractivity contribution is 5.91. The van der Waals surface area contributed by atoms with Crippen LogP contribution in [0.5, 0.6) is 0 Å². The highest BCUT2D eigenvalue weighted by Gasteiger charge is 2.06. The number of nitrogens with one attached hydrogen (secondary N) is 2. The normalized spacial score (nSPS) is 10.7. The number of aryl methyl sites for hydroxylation is 1. The third-order valence-electron chi connectivity index (χ3n) is 3.34. The van der Waals surface area contributed by atoms with Crippen LogP contribution in [0.3, 0.4) is 0 Å². The molecule has 6 nitrogen and oxygen atoms in total. The van der Waals surface area contributed by atoms with E-state index in [0.29, 0.717) is 19.1 Å².